The number of hydrogen-bond donors (Lipinski definition) is 3. The molecule has 11 heavy (non-hydrogen) atoms. The second-order valence-electron chi connectivity index (χ2n) is 2.54. The molecule has 0 amide bonds. The Labute approximate surface area is 66.1 Å². The van der Waals surface area contributed by atoms with Crippen LogP contribution in [0.3, 0.4) is 0 Å². The maximum Gasteiger partial charge on any atom is 0.129 e. The standard InChI is InChI=1S/C7H14N2O2/c10-6-1-7(11)9-4-2-8-3-5-9/h1,6-8,10-11H,2-5H2. The lowest BCUT2D eigenvalue weighted by atomic mass is 10.3. The number of aliphatic hydroxyl groups is 2. The summed E-state index contributed by atoms with van der Waals surface area (Å²) in [6.45, 7) is 3.45. The van der Waals surface area contributed by atoms with E-state index in [2.05, 4.69) is 5.32 Å². The molecule has 0 aromatic rings. The van der Waals surface area contributed by atoms with Crippen LogP contribution < -0.4 is 5.32 Å². The Bertz CT molecular complexity index is 132. The highest BCUT2D eigenvalue weighted by Gasteiger charge is 2.14. The average Bonchev–Trinajstić information content (AvgIpc) is 2.07. The molecule has 0 aromatic carbocycles. The van der Waals surface area contributed by atoms with Crippen LogP contribution in [0.4, 0.5) is 0 Å². The van der Waals surface area contributed by atoms with Gasteiger partial charge in [0, 0.05) is 26.2 Å². The Morgan fingerprint density at radius 2 is 2.00 bits per heavy atom. The van der Waals surface area contributed by atoms with Gasteiger partial charge in [-0.05, 0) is 6.08 Å². The molecule has 1 fully saturated rings. The van der Waals surface area contributed by atoms with E-state index in [9.17, 15) is 5.11 Å². The van der Waals surface area contributed by atoms with Crippen molar-refractivity contribution >= 4 is 0 Å². The molecular weight excluding hydrogens is 144 g/mol. The number of rotatable bonds is 2. The largest absolute Gasteiger partial charge is 0.516 e. The zero-order chi connectivity index (χ0) is 8.10. The van der Waals surface area contributed by atoms with Crippen molar-refractivity contribution in [1.29, 1.82) is 0 Å². The van der Waals surface area contributed by atoms with Crippen molar-refractivity contribution in [2.75, 3.05) is 26.2 Å². The van der Waals surface area contributed by atoms with Gasteiger partial charge in [0.1, 0.15) is 6.23 Å². The van der Waals surface area contributed by atoms with Crippen molar-refractivity contribution in [2.24, 2.45) is 0 Å². The molecule has 0 aromatic heterocycles. The summed E-state index contributed by atoms with van der Waals surface area (Å²) < 4.78 is 0. The molecule has 1 unspecified atom stereocenters. The molecule has 1 aliphatic heterocycles. The molecule has 64 valence electrons. The summed E-state index contributed by atoms with van der Waals surface area (Å²) in [6, 6.07) is 0. The van der Waals surface area contributed by atoms with Gasteiger partial charge >= 0.3 is 0 Å². The summed E-state index contributed by atoms with van der Waals surface area (Å²) in [6.07, 6.45) is 1.61. The molecule has 4 heteroatoms. The summed E-state index contributed by atoms with van der Waals surface area (Å²) in [5.41, 5.74) is 0. The molecule has 4 nitrogen and oxygen atoms in total. The Balaban J connectivity index is 2.32. The minimum atomic E-state index is -0.637. The fourth-order valence-electron chi connectivity index (χ4n) is 1.15. The van der Waals surface area contributed by atoms with Gasteiger partial charge in [-0.15, -0.1) is 0 Å². The van der Waals surface area contributed by atoms with Gasteiger partial charge in [-0.1, -0.05) is 0 Å². The smallest absolute Gasteiger partial charge is 0.129 e. The number of nitrogens with one attached hydrogen (secondary N) is 1. The van der Waals surface area contributed by atoms with E-state index in [4.69, 9.17) is 5.11 Å². The summed E-state index contributed by atoms with van der Waals surface area (Å²) in [5.74, 6) is 0. The molecule has 0 aliphatic carbocycles. The van der Waals surface area contributed by atoms with Crippen LogP contribution in [0, 0.1) is 0 Å². The molecule has 0 bridgehead atoms. The first-order valence-corrected chi connectivity index (χ1v) is 3.78. The van der Waals surface area contributed by atoms with Crippen molar-refractivity contribution < 1.29 is 10.2 Å². The lowest BCUT2D eigenvalue weighted by molar-refractivity contribution is 0.0319. The van der Waals surface area contributed by atoms with Crippen LogP contribution >= 0.6 is 0 Å². The van der Waals surface area contributed by atoms with Crippen LogP contribution in [-0.2, 0) is 0 Å². The molecule has 1 saturated heterocycles. The van der Waals surface area contributed by atoms with E-state index in [-0.39, 0.29) is 0 Å². The Morgan fingerprint density at radius 1 is 1.36 bits per heavy atom. The lowest BCUT2D eigenvalue weighted by Crippen LogP contribution is -2.47. The normalized spacial score (nSPS) is 24.1. The maximum atomic E-state index is 9.33. The van der Waals surface area contributed by atoms with E-state index >= 15 is 0 Å². The number of piperazine rings is 1. The van der Waals surface area contributed by atoms with Gasteiger partial charge in [-0.3, -0.25) is 4.90 Å². The van der Waals surface area contributed by atoms with E-state index < -0.39 is 6.23 Å². The summed E-state index contributed by atoms with van der Waals surface area (Å²) in [5, 5.41) is 20.9. The fraction of sp³-hybridized carbons (Fsp3) is 0.714. The van der Waals surface area contributed by atoms with E-state index in [0.717, 1.165) is 32.4 Å². The molecule has 1 rings (SSSR count). The number of hydrogen-bond acceptors (Lipinski definition) is 4. The van der Waals surface area contributed by atoms with Crippen LogP contribution in [-0.4, -0.2) is 47.5 Å². The van der Waals surface area contributed by atoms with Crippen molar-refractivity contribution in [3.63, 3.8) is 0 Å². The fourth-order valence-corrected chi connectivity index (χ4v) is 1.15. The number of nitrogens with zero attached hydrogens (tertiary/aromatic N) is 1. The van der Waals surface area contributed by atoms with Crippen LogP contribution in [0.15, 0.2) is 12.3 Å². The van der Waals surface area contributed by atoms with Gasteiger partial charge in [0.25, 0.3) is 0 Å². The summed E-state index contributed by atoms with van der Waals surface area (Å²) in [7, 11) is 0. The second-order valence-corrected chi connectivity index (χ2v) is 2.54. The summed E-state index contributed by atoms with van der Waals surface area (Å²) in [4.78, 5) is 1.89. The first kappa shape index (κ1) is 8.52. The van der Waals surface area contributed by atoms with Gasteiger partial charge in [0.2, 0.25) is 0 Å². The molecule has 0 radical (unpaired) electrons. The zero-order valence-electron chi connectivity index (χ0n) is 6.40. The van der Waals surface area contributed by atoms with Gasteiger partial charge in [-0.25, -0.2) is 0 Å². The quantitative estimate of drug-likeness (QED) is 0.464. The average molecular weight is 158 g/mol. The van der Waals surface area contributed by atoms with Crippen LogP contribution in [0.2, 0.25) is 0 Å². The Morgan fingerprint density at radius 3 is 2.55 bits per heavy atom. The van der Waals surface area contributed by atoms with Crippen LogP contribution in [0.1, 0.15) is 0 Å². The molecular formula is C7H14N2O2. The first-order chi connectivity index (χ1) is 5.34. The zero-order valence-corrected chi connectivity index (χ0v) is 6.40. The highest BCUT2D eigenvalue weighted by atomic mass is 16.3. The minimum Gasteiger partial charge on any atom is -0.516 e. The van der Waals surface area contributed by atoms with E-state index in [1.54, 1.807) is 0 Å². The monoisotopic (exact) mass is 158 g/mol. The van der Waals surface area contributed by atoms with Crippen LogP contribution in [0.5, 0.6) is 0 Å². The van der Waals surface area contributed by atoms with Gasteiger partial charge in [-0.2, -0.15) is 0 Å². The molecule has 0 spiro atoms. The third-order valence-electron chi connectivity index (χ3n) is 1.78. The van der Waals surface area contributed by atoms with Gasteiger partial charge < -0.3 is 15.5 Å². The highest BCUT2D eigenvalue weighted by molar-refractivity contribution is 4.84. The van der Waals surface area contributed by atoms with Crippen molar-refractivity contribution in [1.82, 2.24) is 10.2 Å². The van der Waals surface area contributed by atoms with Crippen molar-refractivity contribution in [3.8, 4) is 0 Å². The summed E-state index contributed by atoms with van der Waals surface area (Å²) >= 11 is 0. The van der Waals surface area contributed by atoms with E-state index in [0.29, 0.717) is 0 Å². The minimum absolute atomic E-state index is 0.637. The molecule has 1 heterocycles. The number of aliphatic hydroxyl groups excluding tert-OH is 2. The lowest BCUT2D eigenvalue weighted by Gasteiger charge is -2.29. The maximum absolute atomic E-state index is 9.33. The molecule has 3 N–H and O–H groups in total. The third kappa shape index (κ3) is 2.49. The van der Waals surface area contributed by atoms with Crippen LogP contribution in [0.25, 0.3) is 0 Å². The van der Waals surface area contributed by atoms with Gasteiger partial charge in [0.05, 0.1) is 6.26 Å². The Kier molecular flexibility index (Phi) is 3.35. The Hall–Kier alpha value is -0.580. The predicted octanol–water partition coefficient (Wildman–Crippen LogP) is -0.718. The van der Waals surface area contributed by atoms with E-state index in [1.807, 2.05) is 4.90 Å². The van der Waals surface area contributed by atoms with Crippen molar-refractivity contribution in [3.05, 3.63) is 12.3 Å². The van der Waals surface area contributed by atoms with E-state index in [1.165, 1.54) is 6.08 Å². The molecule has 0 saturated carbocycles. The third-order valence-corrected chi connectivity index (χ3v) is 1.78. The predicted molar refractivity (Wildman–Crippen MR) is 42.2 cm³/mol. The SMILES string of the molecule is OC=CC(O)N1CCNCC1. The van der Waals surface area contributed by atoms with Gasteiger partial charge in [0.15, 0.2) is 0 Å². The first-order valence-electron chi connectivity index (χ1n) is 3.78. The van der Waals surface area contributed by atoms with Crippen molar-refractivity contribution in [2.45, 2.75) is 6.23 Å². The molecule has 1 aliphatic rings. The molecule has 1 atom stereocenters. The highest BCUT2D eigenvalue weighted by Crippen LogP contribution is 1.98. The topological polar surface area (TPSA) is 55.7 Å². The second kappa shape index (κ2) is 4.33.